The van der Waals surface area contributed by atoms with E-state index in [-0.39, 0.29) is 6.54 Å². The first-order valence-electron chi connectivity index (χ1n) is 5.95. The van der Waals surface area contributed by atoms with Crippen molar-refractivity contribution in [2.24, 2.45) is 5.73 Å². The van der Waals surface area contributed by atoms with Gasteiger partial charge in [0.1, 0.15) is 0 Å². The van der Waals surface area contributed by atoms with Crippen LogP contribution in [0.25, 0.3) is 0 Å². The van der Waals surface area contributed by atoms with E-state index in [1.165, 1.54) is 0 Å². The Morgan fingerprint density at radius 1 is 1.24 bits per heavy atom. The SMILES string of the molecule is Cc1ccc(S(=O)(=O)C2(CN)CCC2)cc1C. The summed E-state index contributed by atoms with van der Waals surface area (Å²) in [4.78, 5) is 0.422. The molecule has 2 rings (SSSR count). The minimum atomic E-state index is -3.28. The van der Waals surface area contributed by atoms with Gasteiger partial charge < -0.3 is 5.73 Å². The van der Waals surface area contributed by atoms with Gasteiger partial charge in [0.25, 0.3) is 0 Å². The molecule has 94 valence electrons. The van der Waals surface area contributed by atoms with E-state index in [1.54, 1.807) is 12.1 Å². The fraction of sp³-hybridized carbons (Fsp3) is 0.538. The van der Waals surface area contributed by atoms with Crippen LogP contribution in [-0.2, 0) is 9.84 Å². The fourth-order valence-corrected chi connectivity index (χ4v) is 4.41. The lowest BCUT2D eigenvalue weighted by atomic mass is 9.84. The molecule has 4 heteroatoms. The first kappa shape index (κ1) is 12.6. The molecule has 0 aromatic heterocycles. The van der Waals surface area contributed by atoms with Crippen molar-refractivity contribution in [3.05, 3.63) is 29.3 Å². The van der Waals surface area contributed by atoms with E-state index in [2.05, 4.69) is 0 Å². The lowest BCUT2D eigenvalue weighted by Gasteiger charge is -2.40. The van der Waals surface area contributed by atoms with Crippen LogP contribution in [0.5, 0.6) is 0 Å². The Kier molecular flexibility index (Phi) is 3.04. The molecule has 0 heterocycles. The van der Waals surface area contributed by atoms with Crippen molar-refractivity contribution < 1.29 is 8.42 Å². The van der Waals surface area contributed by atoms with E-state index in [9.17, 15) is 8.42 Å². The van der Waals surface area contributed by atoms with Crippen LogP contribution in [0, 0.1) is 13.8 Å². The molecular formula is C13H19NO2S. The Bertz CT molecular complexity index is 525. The van der Waals surface area contributed by atoms with Crippen LogP contribution in [0.2, 0.25) is 0 Å². The van der Waals surface area contributed by atoms with E-state index in [0.717, 1.165) is 17.5 Å². The Hall–Kier alpha value is -0.870. The number of rotatable bonds is 3. The molecule has 17 heavy (non-hydrogen) atoms. The Morgan fingerprint density at radius 3 is 2.29 bits per heavy atom. The molecule has 1 saturated carbocycles. The number of hydrogen-bond donors (Lipinski definition) is 1. The maximum Gasteiger partial charge on any atom is 0.185 e. The van der Waals surface area contributed by atoms with Gasteiger partial charge in [0.05, 0.1) is 9.64 Å². The number of benzene rings is 1. The van der Waals surface area contributed by atoms with Crippen molar-refractivity contribution in [2.75, 3.05) is 6.54 Å². The third kappa shape index (κ3) is 1.79. The number of sulfone groups is 1. The van der Waals surface area contributed by atoms with Crippen molar-refractivity contribution in [1.29, 1.82) is 0 Å². The van der Waals surface area contributed by atoms with E-state index < -0.39 is 14.6 Å². The zero-order valence-electron chi connectivity index (χ0n) is 10.4. The second-order valence-corrected chi connectivity index (χ2v) is 7.33. The highest BCUT2D eigenvalue weighted by molar-refractivity contribution is 7.93. The van der Waals surface area contributed by atoms with Crippen LogP contribution in [0.1, 0.15) is 30.4 Å². The van der Waals surface area contributed by atoms with Crippen LogP contribution in [0.3, 0.4) is 0 Å². The molecule has 1 aliphatic carbocycles. The molecule has 1 aromatic carbocycles. The van der Waals surface area contributed by atoms with Crippen LogP contribution < -0.4 is 5.73 Å². The van der Waals surface area contributed by atoms with Gasteiger partial charge in [0.15, 0.2) is 9.84 Å². The maximum absolute atomic E-state index is 12.6. The second-order valence-electron chi connectivity index (χ2n) is 4.99. The largest absolute Gasteiger partial charge is 0.329 e. The maximum atomic E-state index is 12.6. The standard InChI is InChI=1S/C13H19NO2S/c1-10-4-5-12(8-11(10)2)17(15,16)13(9-14)6-3-7-13/h4-5,8H,3,6-7,9,14H2,1-2H3. The summed E-state index contributed by atoms with van der Waals surface area (Å²) in [5, 5.41) is 0. The van der Waals surface area contributed by atoms with E-state index in [1.807, 2.05) is 19.9 Å². The van der Waals surface area contributed by atoms with Crippen molar-refractivity contribution in [1.82, 2.24) is 0 Å². The normalized spacial score (nSPS) is 18.8. The van der Waals surface area contributed by atoms with Crippen LogP contribution in [0.15, 0.2) is 23.1 Å². The molecule has 0 amide bonds. The highest BCUT2D eigenvalue weighted by Crippen LogP contribution is 2.42. The van der Waals surface area contributed by atoms with Crippen LogP contribution in [0.4, 0.5) is 0 Å². The molecule has 2 N–H and O–H groups in total. The van der Waals surface area contributed by atoms with Crippen LogP contribution in [-0.4, -0.2) is 19.7 Å². The molecular weight excluding hydrogens is 234 g/mol. The number of nitrogens with two attached hydrogens (primary N) is 1. The van der Waals surface area contributed by atoms with Crippen LogP contribution >= 0.6 is 0 Å². The molecule has 1 aliphatic rings. The van der Waals surface area contributed by atoms with Gasteiger partial charge in [0, 0.05) is 6.54 Å². The second kappa shape index (κ2) is 4.10. The molecule has 0 atom stereocenters. The van der Waals surface area contributed by atoms with Gasteiger partial charge in [-0.3, -0.25) is 0 Å². The Labute approximate surface area is 103 Å². The molecule has 1 aromatic rings. The monoisotopic (exact) mass is 253 g/mol. The average molecular weight is 253 g/mol. The quantitative estimate of drug-likeness (QED) is 0.895. The van der Waals surface area contributed by atoms with Gasteiger partial charge >= 0.3 is 0 Å². The third-order valence-electron chi connectivity index (χ3n) is 4.00. The molecule has 0 unspecified atom stereocenters. The molecule has 0 aliphatic heterocycles. The fourth-order valence-electron chi connectivity index (χ4n) is 2.28. The summed E-state index contributed by atoms with van der Waals surface area (Å²) in [6.45, 7) is 4.14. The number of aryl methyl sites for hydroxylation is 2. The summed E-state index contributed by atoms with van der Waals surface area (Å²) in [6, 6.07) is 5.33. The van der Waals surface area contributed by atoms with Crippen molar-refractivity contribution in [3.8, 4) is 0 Å². The summed E-state index contributed by atoms with van der Waals surface area (Å²) in [5.74, 6) is 0. The number of hydrogen-bond acceptors (Lipinski definition) is 3. The Balaban J connectivity index is 2.48. The van der Waals surface area contributed by atoms with E-state index in [0.29, 0.717) is 17.7 Å². The third-order valence-corrected chi connectivity index (χ3v) is 6.59. The van der Waals surface area contributed by atoms with Gasteiger partial charge in [-0.15, -0.1) is 0 Å². The predicted molar refractivity (Wildman–Crippen MR) is 68.7 cm³/mol. The predicted octanol–water partition coefficient (Wildman–Crippen LogP) is 1.96. The summed E-state index contributed by atoms with van der Waals surface area (Å²) in [5.41, 5.74) is 7.80. The van der Waals surface area contributed by atoms with Gasteiger partial charge in [-0.2, -0.15) is 0 Å². The van der Waals surface area contributed by atoms with Crippen molar-refractivity contribution in [2.45, 2.75) is 42.8 Å². The summed E-state index contributed by atoms with van der Waals surface area (Å²) in [6.07, 6.45) is 2.35. The first-order chi connectivity index (χ1) is 7.93. The Morgan fingerprint density at radius 2 is 1.88 bits per heavy atom. The summed E-state index contributed by atoms with van der Waals surface area (Å²) >= 11 is 0. The lowest BCUT2D eigenvalue weighted by Crippen LogP contribution is -2.51. The van der Waals surface area contributed by atoms with E-state index >= 15 is 0 Å². The first-order valence-corrected chi connectivity index (χ1v) is 7.43. The molecule has 0 saturated heterocycles. The van der Waals surface area contributed by atoms with Gasteiger partial charge in [-0.1, -0.05) is 12.5 Å². The molecule has 1 fully saturated rings. The average Bonchev–Trinajstić information content (AvgIpc) is 2.20. The van der Waals surface area contributed by atoms with E-state index in [4.69, 9.17) is 5.73 Å². The summed E-state index contributed by atoms with van der Waals surface area (Å²) in [7, 11) is -3.28. The van der Waals surface area contributed by atoms with Gasteiger partial charge in [-0.05, 0) is 49.9 Å². The summed E-state index contributed by atoms with van der Waals surface area (Å²) < 4.78 is 24.4. The molecule has 0 radical (unpaired) electrons. The topological polar surface area (TPSA) is 60.2 Å². The zero-order chi connectivity index (χ0) is 12.7. The lowest BCUT2D eigenvalue weighted by molar-refractivity contribution is 0.344. The van der Waals surface area contributed by atoms with Crippen molar-refractivity contribution in [3.63, 3.8) is 0 Å². The highest BCUT2D eigenvalue weighted by atomic mass is 32.2. The molecule has 0 spiro atoms. The van der Waals surface area contributed by atoms with Gasteiger partial charge in [0.2, 0.25) is 0 Å². The minimum Gasteiger partial charge on any atom is -0.329 e. The van der Waals surface area contributed by atoms with Crippen molar-refractivity contribution >= 4 is 9.84 Å². The smallest absolute Gasteiger partial charge is 0.185 e. The van der Waals surface area contributed by atoms with Gasteiger partial charge in [-0.25, -0.2) is 8.42 Å². The molecule has 3 nitrogen and oxygen atoms in total. The zero-order valence-corrected chi connectivity index (χ0v) is 11.2. The highest BCUT2D eigenvalue weighted by Gasteiger charge is 2.48. The minimum absolute atomic E-state index is 0.224. The molecule has 0 bridgehead atoms.